The Morgan fingerprint density at radius 3 is 2.65 bits per heavy atom. The van der Waals surface area contributed by atoms with Crippen LogP contribution in [0.4, 0.5) is 11.5 Å². The number of para-hydroxylation sites is 1. The highest BCUT2D eigenvalue weighted by Gasteiger charge is 2.27. The number of carbonyl (C=O) groups excluding carboxylic acids is 1. The zero-order valence-corrected chi connectivity index (χ0v) is 19.5. The third kappa shape index (κ3) is 4.60. The number of aromatic nitrogens is 4. The Hall–Kier alpha value is -3.85. The second-order valence-electron chi connectivity index (χ2n) is 8.25. The molecule has 0 saturated carbocycles. The highest BCUT2D eigenvalue weighted by molar-refractivity contribution is 7.13. The van der Waals surface area contributed by atoms with Crippen LogP contribution in [0.2, 0.25) is 0 Å². The van der Waals surface area contributed by atoms with Crippen molar-refractivity contribution in [2.45, 2.75) is 12.8 Å². The lowest BCUT2D eigenvalue weighted by Gasteiger charge is -2.32. The summed E-state index contributed by atoms with van der Waals surface area (Å²) in [5.41, 5.74) is 2.75. The van der Waals surface area contributed by atoms with Crippen LogP contribution in [-0.4, -0.2) is 39.0 Å². The van der Waals surface area contributed by atoms with Gasteiger partial charge in [-0.25, -0.2) is 4.68 Å². The van der Waals surface area contributed by atoms with Gasteiger partial charge in [-0.05, 0) is 48.6 Å². The van der Waals surface area contributed by atoms with Gasteiger partial charge in [0.05, 0.1) is 22.2 Å². The SMILES string of the molecule is Cn1nc(-c2ccccc2NC(=O)[C@H]2CCCN(c3ccc(-c4cccs4)nn3)C2)ccc1=O. The number of nitrogens with one attached hydrogen (secondary N) is 1. The first-order valence-corrected chi connectivity index (χ1v) is 12.0. The normalized spacial score (nSPS) is 15.8. The Bertz CT molecular complexity index is 1350. The van der Waals surface area contributed by atoms with Crippen molar-refractivity contribution in [1.29, 1.82) is 0 Å². The lowest BCUT2D eigenvalue weighted by atomic mass is 9.96. The first-order valence-electron chi connectivity index (χ1n) is 11.2. The molecular formula is C25H24N6O2S. The first-order chi connectivity index (χ1) is 16.6. The zero-order valence-electron chi connectivity index (χ0n) is 18.7. The molecular weight excluding hydrogens is 448 g/mol. The van der Waals surface area contributed by atoms with Crippen molar-refractivity contribution in [2.75, 3.05) is 23.3 Å². The number of nitrogens with zero attached hydrogens (tertiary/aromatic N) is 5. The molecule has 3 aromatic heterocycles. The summed E-state index contributed by atoms with van der Waals surface area (Å²) in [6, 6.07) is 18.6. The van der Waals surface area contributed by atoms with Gasteiger partial charge in [0.2, 0.25) is 5.91 Å². The Kier molecular flexibility index (Phi) is 6.18. The molecule has 5 rings (SSSR count). The maximum absolute atomic E-state index is 13.2. The van der Waals surface area contributed by atoms with Crippen LogP contribution >= 0.6 is 11.3 Å². The fourth-order valence-electron chi connectivity index (χ4n) is 4.15. The minimum atomic E-state index is -0.181. The molecule has 4 heterocycles. The van der Waals surface area contributed by atoms with Crippen LogP contribution in [0.25, 0.3) is 21.8 Å². The second-order valence-corrected chi connectivity index (χ2v) is 9.20. The summed E-state index contributed by atoms with van der Waals surface area (Å²) in [4.78, 5) is 28.1. The third-order valence-corrected chi connectivity index (χ3v) is 6.85. The van der Waals surface area contributed by atoms with Crippen LogP contribution in [0, 0.1) is 5.92 Å². The number of hydrogen-bond donors (Lipinski definition) is 1. The van der Waals surface area contributed by atoms with Crippen molar-refractivity contribution in [3.63, 3.8) is 0 Å². The summed E-state index contributed by atoms with van der Waals surface area (Å²) in [7, 11) is 1.61. The molecule has 0 aliphatic carbocycles. The molecule has 1 aromatic carbocycles. The number of amides is 1. The predicted octanol–water partition coefficient (Wildman–Crippen LogP) is 3.82. The van der Waals surface area contributed by atoms with Gasteiger partial charge in [-0.2, -0.15) is 5.10 Å². The number of carbonyl (C=O) groups is 1. The average molecular weight is 473 g/mol. The number of thiophene rings is 1. The Morgan fingerprint density at radius 1 is 1.03 bits per heavy atom. The summed E-state index contributed by atoms with van der Waals surface area (Å²) in [5, 5.41) is 18.2. The number of rotatable bonds is 5. The second kappa shape index (κ2) is 9.56. The summed E-state index contributed by atoms with van der Waals surface area (Å²) in [6.07, 6.45) is 1.71. The maximum atomic E-state index is 13.2. The van der Waals surface area contributed by atoms with Gasteiger partial charge in [-0.15, -0.1) is 21.5 Å². The molecule has 8 nitrogen and oxygen atoms in total. The van der Waals surface area contributed by atoms with Crippen LogP contribution in [-0.2, 0) is 11.8 Å². The number of benzene rings is 1. The summed E-state index contributed by atoms with van der Waals surface area (Å²) in [5.74, 6) is 0.575. The molecule has 1 fully saturated rings. The van der Waals surface area contributed by atoms with Crippen LogP contribution in [0.1, 0.15) is 12.8 Å². The third-order valence-electron chi connectivity index (χ3n) is 5.96. The van der Waals surface area contributed by atoms with Gasteiger partial charge in [0.15, 0.2) is 5.82 Å². The van der Waals surface area contributed by atoms with Gasteiger partial charge < -0.3 is 10.2 Å². The van der Waals surface area contributed by atoms with Crippen LogP contribution < -0.4 is 15.8 Å². The molecule has 172 valence electrons. The number of hydrogen-bond acceptors (Lipinski definition) is 7. The largest absolute Gasteiger partial charge is 0.354 e. The van der Waals surface area contributed by atoms with E-state index in [1.807, 2.05) is 53.9 Å². The highest BCUT2D eigenvalue weighted by Crippen LogP contribution is 2.29. The van der Waals surface area contributed by atoms with Gasteiger partial charge in [0, 0.05) is 31.8 Å². The van der Waals surface area contributed by atoms with Crippen LogP contribution in [0.3, 0.4) is 0 Å². The summed E-state index contributed by atoms with van der Waals surface area (Å²) < 4.78 is 1.29. The molecule has 1 atom stereocenters. The summed E-state index contributed by atoms with van der Waals surface area (Å²) in [6.45, 7) is 1.43. The monoisotopic (exact) mass is 472 g/mol. The minimum Gasteiger partial charge on any atom is -0.354 e. The smallest absolute Gasteiger partial charge is 0.266 e. The minimum absolute atomic E-state index is 0.0369. The highest BCUT2D eigenvalue weighted by atomic mass is 32.1. The molecule has 0 unspecified atom stereocenters. The van der Waals surface area contributed by atoms with E-state index < -0.39 is 0 Å². The number of piperidine rings is 1. The topological polar surface area (TPSA) is 93.0 Å². The molecule has 1 amide bonds. The van der Waals surface area contributed by atoms with E-state index in [1.165, 1.54) is 10.7 Å². The molecule has 1 N–H and O–H groups in total. The molecule has 0 bridgehead atoms. The van der Waals surface area contributed by atoms with Crippen molar-refractivity contribution in [3.8, 4) is 21.8 Å². The standard InChI is InChI=1S/C25H24N6O2S/c1-30-24(32)13-11-20(29-30)18-7-2-3-8-19(18)26-25(33)17-6-4-14-31(16-17)23-12-10-21(27-28-23)22-9-5-15-34-22/h2-3,5,7-13,15,17H,4,6,14,16H2,1H3,(H,26,33)/t17-/m0/s1. The number of anilines is 2. The fourth-order valence-corrected chi connectivity index (χ4v) is 4.84. The Balaban J connectivity index is 1.30. The zero-order chi connectivity index (χ0) is 23.5. The van der Waals surface area contributed by atoms with Crippen molar-refractivity contribution >= 4 is 28.7 Å². The molecule has 1 saturated heterocycles. The van der Waals surface area contributed by atoms with E-state index in [0.717, 1.165) is 41.3 Å². The molecule has 0 spiro atoms. The van der Waals surface area contributed by atoms with E-state index in [0.29, 0.717) is 17.9 Å². The van der Waals surface area contributed by atoms with E-state index in [1.54, 1.807) is 24.5 Å². The molecule has 1 aliphatic heterocycles. The quantitative estimate of drug-likeness (QED) is 0.475. The lowest BCUT2D eigenvalue weighted by molar-refractivity contribution is -0.120. The van der Waals surface area contributed by atoms with E-state index in [4.69, 9.17) is 0 Å². The molecule has 34 heavy (non-hydrogen) atoms. The van der Waals surface area contributed by atoms with Crippen molar-refractivity contribution in [3.05, 3.63) is 76.4 Å². The van der Waals surface area contributed by atoms with Crippen LogP contribution in [0.5, 0.6) is 0 Å². The van der Waals surface area contributed by atoms with Crippen LogP contribution in [0.15, 0.2) is 70.8 Å². The van der Waals surface area contributed by atoms with E-state index in [9.17, 15) is 9.59 Å². The van der Waals surface area contributed by atoms with Crippen molar-refractivity contribution in [2.24, 2.45) is 13.0 Å². The van der Waals surface area contributed by atoms with E-state index >= 15 is 0 Å². The van der Waals surface area contributed by atoms with E-state index in [2.05, 4.69) is 25.5 Å². The predicted molar refractivity (Wildman–Crippen MR) is 134 cm³/mol. The van der Waals surface area contributed by atoms with Gasteiger partial charge >= 0.3 is 0 Å². The maximum Gasteiger partial charge on any atom is 0.266 e. The molecule has 4 aromatic rings. The average Bonchev–Trinajstić information content (AvgIpc) is 3.41. The molecule has 9 heteroatoms. The first kappa shape index (κ1) is 22.0. The van der Waals surface area contributed by atoms with Gasteiger partial charge in [0.1, 0.15) is 5.69 Å². The molecule has 1 aliphatic rings. The van der Waals surface area contributed by atoms with Crippen molar-refractivity contribution in [1.82, 2.24) is 20.0 Å². The fraction of sp³-hybridized carbons (Fsp3) is 0.240. The summed E-state index contributed by atoms with van der Waals surface area (Å²) >= 11 is 1.63. The number of aryl methyl sites for hydroxylation is 1. The van der Waals surface area contributed by atoms with Gasteiger partial charge in [-0.1, -0.05) is 24.3 Å². The van der Waals surface area contributed by atoms with Crippen molar-refractivity contribution < 1.29 is 4.79 Å². The molecule has 0 radical (unpaired) electrons. The van der Waals surface area contributed by atoms with Gasteiger partial charge in [0.25, 0.3) is 5.56 Å². The Morgan fingerprint density at radius 2 is 1.88 bits per heavy atom. The Labute approximate surface area is 200 Å². The van der Waals surface area contributed by atoms with Gasteiger partial charge in [-0.3, -0.25) is 9.59 Å². The van der Waals surface area contributed by atoms with E-state index in [-0.39, 0.29) is 17.4 Å². The lowest BCUT2D eigenvalue weighted by Crippen LogP contribution is -2.41.